The van der Waals surface area contributed by atoms with E-state index < -0.39 is 23.7 Å². The minimum absolute atomic E-state index is 0.106. The Bertz CT molecular complexity index is 1540. The highest BCUT2D eigenvalue weighted by Gasteiger charge is 2.36. The Morgan fingerprint density at radius 1 is 0.846 bits per heavy atom. The van der Waals surface area contributed by atoms with E-state index in [2.05, 4.69) is 9.97 Å². The molecule has 2 aromatic carbocycles. The summed E-state index contributed by atoms with van der Waals surface area (Å²) in [7, 11) is 0. The number of amides is 2. The molecule has 1 saturated heterocycles. The van der Waals surface area contributed by atoms with Crippen LogP contribution in [0.3, 0.4) is 0 Å². The average molecular weight is 527 g/mol. The van der Waals surface area contributed by atoms with E-state index in [0.29, 0.717) is 11.1 Å². The molecule has 0 N–H and O–H groups in total. The van der Waals surface area contributed by atoms with Gasteiger partial charge in [0.2, 0.25) is 0 Å². The molecule has 1 aliphatic rings. The van der Waals surface area contributed by atoms with Crippen LogP contribution in [0, 0.1) is 0 Å². The lowest BCUT2D eigenvalue weighted by Crippen LogP contribution is -2.58. The third-order valence-corrected chi connectivity index (χ3v) is 6.59. The summed E-state index contributed by atoms with van der Waals surface area (Å²) in [5.41, 5.74) is 0.125. The first kappa shape index (κ1) is 26.1. The van der Waals surface area contributed by atoms with Crippen molar-refractivity contribution in [3.63, 3.8) is 0 Å². The van der Waals surface area contributed by atoms with E-state index in [0.717, 1.165) is 21.5 Å². The van der Waals surface area contributed by atoms with Crippen molar-refractivity contribution in [2.24, 2.45) is 0 Å². The summed E-state index contributed by atoms with van der Waals surface area (Å²) in [6, 6.07) is 14.4. The maximum atomic E-state index is 13.8. The van der Waals surface area contributed by atoms with Gasteiger partial charge in [-0.25, -0.2) is 9.59 Å². The van der Waals surface area contributed by atoms with E-state index in [1.54, 1.807) is 49.2 Å². The Morgan fingerprint density at radius 3 is 2.08 bits per heavy atom. The number of hydrogen-bond acceptors (Lipinski definition) is 7. The number of hydrogen-bond donors (Lipinski definition) is 0. The van der Waals surface area contributed by atoms with Gasteiger partial charge in [0, 0.05) is 55.2 Å². The van der Waals surface area contributed by atoms with Crippen molar-refractivity contribution in [1.29, 1.82) is 0 Å². The van der Waals surface area contributed by atoms with Crippen molar-refractivity contribution in [2.45, 2.75) is 32.4 Å². The summed E-state index contributed by atoms with van der Waals surface area (Å²) in [6.45, 7) is 5.99. The van der Waals surface area contributed by atoms with Gasteiger partial charge in [-0.15, -0.1) is 0 Å². The van der Waals surface area contributed by atoms with Gasteiger partial charge in [0.1, 0.15) is 12.2 Å². The molecule has 2 amide bonds. The minimum Gasteiger partial charge on any atom is -0.460 e. The summed E-state index contributed by atoms with van der Waals surface area (Å²) in [4.78, 5) is 51.5. The normalized spacial score (nSPS) is 15.8. The van der Waals surface area contributed by atoms with Crippen LogP contribution >= 0.6 is 0 Å². The fraction of sp³-hybridized carbons (Fsp3) is 0.300. The number of benzene rings is 2. The molecule has 0 bridgehead atoms. The van der Waals surface area contributed by atoms with E-state index in [1.807, 2.05) is 48.5 Å². The van der Waals surface area contributed by atoms with Gasteiger partial charge in [-0.3, -0.25) is 14.8 Å². The Hall–Kier alpha value is -4.53. The molecule has 3 heterocycles. The zero-order chi connectivity index (χ0) is 27.6. The largest absolute Gasteiger partial charge is 0.460 e. The number of pyridine rings is 2. The van der Waals surface area contributed by atoms with Crippen molar-refractivity contribution < 1.29 is 23.9 Å². The van der Waals surface area contributed by atoms with Crippen LogP contribution in [0.4, 0.5) is 4.79 Å². The second-order valence-electron chi connectivity index (χ2n) is 10.5. The van der Waals surface area contributed by atoms with E-state index in [4.69, 9.17) is 9.47 Å². The zero-order valence-corrected chi connectivity index (χ0v) is 22.2. The number of fused-ring (bicyclic) bond motifs is 2. The molecular formula is C30H30N4O5. The van der Waals surface area contributed by atoms with Gasteiger partial charge < -0.3 is 19.3 Å². The van der Waals surface area contributed by atoms with E-state index >= 15 is 0 Å². The van der Waals surface area contributed by atoms with Gasteiger partial charge in [-0.2, -0.15) is 0 Å². The zero-order valence-electron chi connectivity index (χ0n) is 22.2. The highest BCUT2D eigenvalue weighted by molar-refractivity contribution is 6.07. The highest BCUT2D eigenvalue weighted by atomic mass is 16.6. The molecule has 4 aromatic rings. The number of esters is 1. The molecule has 200 valence electrons. The molecule has 0 aliphatic carbocycles. The van der Waals surface area contributed by atoms with Gasteiger partial charge in [0.25, 0.3) is 5.91 Å². The van der Waals surface area contributed by atoms with Gasteiger partial charge in [0.05, 0.1) is 17.2 Å². The van der Waals surface area contributed by atoms with Gasteiger partial charge in [-0.1, -0.05) is 48.5 Å². The Morgan fingerprint density at radius 2 is 1.44 bits per heavy atom. The lowest BCUT2D eigenvalue weighted by Gasteiger charge is -2.41. The molecular weight excluding hydrogens is 496 g/mol. The first-order chi connectivity index (χ1) is 18.7. The Balaban J connectivity index is 1.40. The van der Waals surface area contributed by atoms with Crippen molar-refractivity contribution in [2.75, 3.05) is 26.2 Å². The summed E-state index contributed by atoms with van der Waals surface area (Å²) in [5.74, 6) is -0.788. The van der Waals surface area contributed by atoms with Gasteiger partial charge >= 0.3 is 12.1 Å². The summed E-state index contributed by atoms with van der Waals surface area (Å²) < 4.78 is 11.3. The van der Waals surface area contributed by atoms with Crippen molar-refractivity contribution in [3.8, 4) is 0 Å². The molecule has 0 radical (unpaired) electrons. The second-order valence-corrected chi connectivity index (χ2v) is 10.5. The van der Waals surface area contributed by atoms with Gasteiger partial charge in [-0.05, 0) is 31.5 Å². The van der Waals surface area contributed by atoms with E-state index in [-0.39, 0.29) is 32.1 Å². The lowest BCUT2D eigenvalue weighted by atomic mass is 10.0. The Kier molecular flexibility index (Phi) is 7.15. The molecule has 9 heteroatoms. The topological polar surface area (TPSA) is 102 Å². The van der Waals surface area contributed by atoms with Crippen LogP contribution in [-0.2, 0) is 9.47 Å². The quantitative estimate of drug-likeness (QED) is 0.355. The number of nitrogens with zero attached hydrogens (tertiary/aromatic N) is 4. The molecule has 5 rings (SSSR count). The van der Waals surface area contributed by atoms with Gasteiger partial charge in [0.15, 0.2) is 0 Å². The van der Waals surface area contributed by atoms with E-state index in [9.17, 15) is 14.4 Å². The fourth-order valence-electron chi connectivity index (χ4n) is 4.73. The molecule has 1 aliphatic heterocycles. The monoisotopic (exact) mass is 526 g/mol. The fourth-order valence-corrected chi connectivity index (χ4v) is 4.73. The number of rotatable bonds is 4. The van der Waals surface area contributed by atoms with Crippen LogP contribution in [0.2, 0.25) is 0 Å². The molecule has 0 unspecified atom stereocenters. The molecule has 1 atom stereocenters. The molecule has 9 nitrogen and oxygen atoms in total. The van der Waals surface area contributed by atoms with Crippen molar-refractivity contribution in [1.82, 2.24) is 19.8 Å². The number of piperazine rings is 1. The van der Waals surface area contributed by atoms with Crippen LogP contribution in [0.1, 0.15) is 41.5 Å². The molecule has 0 spiro atoms. The van der Waals surface area contributed by atoms with Crippen LogP contribution in [-0.4, -0.2) is 75.6 Å². The number of carbonyl (C=O) groups excluding carboxylic acids is 3. The van der Waals surface area contributed by atoms with Crippen LogP contribution < -0.4 is 0 Å². The molecule has 0 saturated carbocycles. The minimum atomic E-state index is -0.665. The van der Waals surface area contributed by atoms with Crippen molar-refractivity contribution in [3.05, 3.63) is 84.4 Å². The predicted molar refractivity (Wildman–Crippen MR) is 146 cm³/mol. The van der Waals surface area contributed by atoms with Crippen LogP contribution in [0.5, 0.6) is 0 Å². The summed E-state index contributed by atoms with van der Waals surface area (Å²) in [5, 5.41) is 3.18. The highest BCUT2D eigenvalue weighted by Crippen LogP contribution is 2.23. The predicted octanol–water partition coefficient (Wildman–Crippen LogP) is 4.70. The lowest BCUT2D eigenvalue weighted by molar-refractivity contribution is -0.00775. The summed E-state index contributed by atoms with van der Waals surface area (Å²) in [6.07, 6.45) is 5.95. The third kappa shape index (κ3) is 5.67. The Labute approximate surface area is 226 Å². The maximum Gasteiger partial charge on any atom is 0.410 e. The maximum absolute atomic E-state index is 13.8. The van der Waals surface area contributed by atoms with E-state index in [1.165, 1.54) is 6.20 Å². The first-order valence-corrected chi connectivity index (χ1v) is 12.8. The second kappa shape index (κ2) is 10.7. The first-order valence-electron chi connectivity index (χ1n) is 12.8. The number of carbonyl (C=O) groups is 3. The van der Waals surface area contributed by atoms with Crippen LogP contribution in [0.15, 0.2) is 73.3 Å². The molecule has 39 heavy (non-hydrogen) atoms. The molecule has 1 fully saturated rings. The molecule has 2 aromatic heterocycles. The smallest absolute Gasteiger partial charge is 0.410 e. The summed E-state index contributed by atoms with van der Waals surface area (Å²) >= 11 is 0. The third-order valence-electron chi connectivity index (χ3n) is 6.59. The number of aromatic nitrogens is 2. The standard InChI is InChI=1S/C30H30N4O5/c1-30(2,3)39-29(37)33-12-13-34(27(35)25-16-31-14-20-8-4-6-10-23(20)25)22(18-33)19-38-28(36)26-17-32-15-21-9-5-7-11-24(21)26/h4-11,14-17,22H,12-13,18-19H2,1-3H3/t22-/m0/s1. The average Bonchev–Trinajstić information content (AvgIpc) is 2.94. The SMILES string of the molecule is CC(C)(C)OC(=O)N1CCN(C(=O)c2cncc3ccccc23)[C@H](COC(=O)c2cncc3ccccc23)C1. The van der Waals surface area contributed by atoms with Crippen molar-refractivity contribution >= 4 is 39.5 Å². The number of ether oxygens (including phenoxy) is 2. The van der Waals surface area contributed by atoms with Crippen LogP contribution in [0.25, 0.3) is 21.5 Å².